The quantitative estimate of drug-likeness (QED) is 0.481. The van der Waals surface area contributed by atoms with Crippen LogP contribution in [0.5, 0.6) is 0 Å². The maximum absolute atomic E-state index is 13.7. The topological polar surface area (TPSA) is 89.4 Å². The zero-order valence-electron chi connectivity index (χ0n) is 20.7. The van der Waals surface area contributed by atoms with E-state index < -0.39 is 6.04 Å². The first-order chi connectivity index (χ1) is 17.1. The van der Waals surface area contributed by atoms with E-state index in [1.54, 1.807) is 16.7 Å². The van der Waals surface area contributed by atoms with Gasteiger partial charge in [-0.25, -0.2) is 4.68 Å². The van der Waals surface area contributed by atoms with Crippen LogP contribution in [0.25, 0.3) is 11.0 Å². The van der Waals surface area contributed by atoms with E-state index in [0.29, 0.717) is 13.2 Å². The van der Waals surface area contributed by atoms with Crippen LogP contribution in [0, 0.1) is 0 Å². The maximum atomic E-state index is 13.7. The van der Waals surface area contributed by atoms with Crippen LogP contribution in [0.3, 0.4) is 0 Å². The van der Waals surface area contributed by atoms with Gasteiger partial charge in [0.05, 0.1) is 12.1 Å². The Balaban J connectivity index is 1.64. The number of aromatic nitrogens is 3. The van der Waals surface area contributed by atoms with Crippen molar-refractivity contribution in [3.05, 3.63) is 59.7 Å². The standard InChI is InChI=1S/C27H35N5O3/c1-3-20-13-15-21(16-14-20)26(27(34)28-22-9-5-4-6-10-22)31(17-18-35-2)25(33)19-32-24-12-8-7-11-23(24)29-30-32/h7-8,11-16,22,26H,3-6,9-10,17-19H2,1-2H3,(H,28,34)/t26-/m0/s1. The highest BCUT2D eigenvalue weighted by Gasteiger charge is 2.33. The van der Waals surface area contributed by atoms with Crippen molar-refractivity contribution in [3.63, 3.8) is 0 Å². The molecular formula is C27H35N5O3. The number of benzene rings is 2. The summed E-state index contributed by atoms with van der Waals surface area (Å²) in [7, 11) is 1.60. The molecule has 1 aliphatic rings. The molecule has 3 aromatic rings. The van der Waals surface area contributed by atoms with Crippen molar-refractivity contribution in [2.24, 2.45) is 0 Å². The molecule has 8 heteroatoms. The molecule has 0 unspecified atom stereocenters. The molecule has 1 N–H and O–H groups in total. The van der Waals surface area contributed by atoms with Gasteiger partial charge < -0.3 is 15.0 Å². The van der Waals surface area contributed by atoms with E-state index in [-0.39, 0.29) is 24.4 Å². The normalized spacial score (nSPS) is 15.1. The molecule has 0 aliphatic heterocycles. The molecule has 0 spiro atoms. The number of hydrogen-bond donors (Lipinski definition) is 1. The van der Waals surface area contributed by atoms with Gasteiger partial charge in [0.2, 0.25) is 11.8 Å². The molecule has 0 bridgehead atoms. The molecule has 1 atom stereocenters. The van der Waals surface area contributed by atoms with Crippen molar-refractivity contribution in [3.8, 4) is 0 Å². The van der Waals surface area contributed by atoms with Crippen LogP contribution in [0.1, 0.15) is 56.2 Å². The number of amides is 2. The van der Waals surface area contributed by atoms with E-state index in [4.69, 9.17) is 4.74 Å². The van der Waals surface area contributed by atoms with Gasteiger partial charge in [-0.3, -0.25) is 9.59 Å². The number of carbonyl (C=O) groups excluding carboxylic acids is 2. The lowest BCUT2D eigenvalue weighted by Gasteiger charge is -2.33. The number of nitrogens with zero attached hydrogens (tertiary/aromatic N) is 4. The minimum atomic E-state index is -0.750. The van der Waals surface area contributed by atoms with Crippen molar-refractivity contribution in [2.45, 2.75) is 64.1 Å². The summed E-state index contributed by atoms with van der Waals surface area (Å²) in [4.78, 5) is 29.0. The summed E-state index contributed by atoms with van der Waals surface area (Å²) in [6, 6.07) is 14.9. The number of hydrogen-bond acceptors (Lipinski definition) is 5. The second kappa shape index (κ2) is 11.9. The Hall–Kier alpha value is -3.26. The van der Waals surface area contributed by atoms with Crippen LogP contribution in [-0.2, 0) is 27.3 Å². The van der Waals surface area contributed by atoms with Crippen molar-refractivity contribution < 1.29 is 14.3 Å². The van der Waals surface area contributed by atoms with E-state index in [1.807, 2.05) is 48.5 Å². The van der Waals surface area contributed by atoms with Gasteiger partial charge in [-0.05, 0) is 42.5 Å². The molecule has 0 saturated heterocycles. The first kappa shape index (κ1) is 24.9. The molecule has 2 aromatic carbocycles. The van der Waals surface area contributed by atoms with Gasteiger partial charge in [-0.1, -0.05) is 67.8 Å². The SMILES string of the molecule is CCc1ccc([C@@H](C(=O)NC2CCCCC2)N(CCOC)C(=O)Cn2nnc3ccccc32)cc1. The van der Waals surface area contributed by atoms with Crippen LogP contribution < -0.4 is 5.32 Å². The first-order valence-electron chi connectivity index (χ1n) is 12.6. The van der Waals surface area contributed by atoms with Crippen LogP contribution >= 0.6 is 0 Å². The minimum absolute atomic E-state index is 0.00944. The Kier molecular flexibility index (Phi) is 8.47. The van der Waals surface area contributed by atoms with Gasteiger partial charge in [-0.2, -0.15) is 0 Å². The molecule has 35 heavy (non-hydrogen) atoms. The summed E-state index contributed by atoms with van der Waals surface area (Å²) in [6.45, 7) is 2.70. The predicted octanol–water partition coefficient (Wildman–Crippen LogP) is 3.66. The smallest absolute Gasteiger partial charge is 0.247 e. The van der Waals surface area contributed by atoms with Crippen LogP contribution in [-0.4, -0.2) is 58.0 Å². The van der Waals surface area contributed by atoms with Crippen LogP contribution in [0.15, 0.2) is 48.5 Å². The largest absolute Gasteiger partial charge is 0.383 e. The van der Waals surface area contributed by atoms with E-state index in [2.05, 4.69) is 22.6 Å². The number of carbonyl (C=O) groups is 2. The van der Waals surface area contributed by atoms with E-state index in [0.717, 1.165) is 48.7 Å². The Morgan fingerprint density at radius 3 is 2.57 bits per heavy atom. The summed E-state index contributed by atoms with van der Waals surface area (Å²) in [6.07, 6.45) is 6.30. The summed E-state index contributed by atoms with van der Waals surface area (Å²) in [5.41, 5.74) is 3.49. The fraction of sp³-hybridized carbons (Fsp3) is 0.481. The zero-order chi connectivity index (χ0) is 24.6. The number of fused-ring (bicyclic) bond motifs is 1. The molecule has 1 aromatic heterocycles. The van der Waals surface area contributed by atoms with Gasteiger partial charge in [-0.15, -0.1) is 5.10 Å². The lowest BCUT2D eigenvalue weighted by Crippen LogP contribution is -2.48. The third kappa shape index (κ3) is 6.06. The Bertz CT molecular complexity index is 1120. The fourth-order valence-corrected chi connectivity index (χ4v) is 4.78. The Labute approximate surface area is 206 Å². The third-order valence-electron chi connectivity index (χ3n) is 6.78. The molecule has 186 valence electrons. The Morgan fingerprint density at radius 1 is 1.11 bits per heavy atom. The van der Waals surface area contributed by atoms with Gasteiger partial charge in [0.15, 0.2) is 0 Å². The second-order valence-corrected chi connectivity index (χ2v) is 9.16. The monoisotopic (exact) mass is 477 g/mol. The number of aryl methyl sites for hydroxylation is 1. The van der Waals surface area contributed by atoms with E-state index in [9.17, 15) is 9.59 Å². The third-order valence-corrected chi connectivity index (χ3v) is 6.78. The maximum Gasteiger partial charge on any atom is 0.247 e. The van der Waals surface area contributed by atoms with Crippen molar-refractivity contribution in [1.29, 1.82) is 0 Å². The summed E-state index contributed by atoms with van der Waals surface area (Å²) in [5, 5.41) is 11.6. The number of nitrogens with one attached hydrogen (secondary N) is 1. The highest BCUT2D eigenvalue weighted by molar-refractivity contribution is 5.89. The number of methoxy groups -OCH3 is 1. The highest BCUT2D eigenvalue weighted by atomic mass is 16.5. The van der Waals surface area contributed by atoms with Crippen molar-refractivity contribution >= 4 is 22.8 Å². The molecule has 1 heterocycles. The number of ether oxygens (including phenoxy) is 1. The lowest BCUT2D eigenvalue weighted by atomic mass is 9.94. The van der Waals surface area contributed by atoms with E-state index in [1.165, 1.54) is 12.0 Å². The highest BCUT2D eigenvalue weighted by Crippen LogP contribution is 2.25. The van der Waals surface area contributed by atoms with Gasteiger partial charge in [0, 0.05) is 19.7 Å². The van der Waals surface area contributed by atoms with Crippen molar-refractivity contribution in [2.75, 3.05) is 20.3 Å². The molecule has 4 rings (SSSR count). The number of rotatable bonds is 10. The Morgan fingerprint density at radius 2 is 1.86 bits per heavy atom. The summed E-state index contributed by atoms with van der Waals surface area (Å²) >= 11 is 0. The molecule has 0 radical (unpaired) electrons. The molecule has 1 fully saturated rings. The minimum Gasteiger partial charge on any atom is -0.383 e. The molecule has 8 nitrogen and oxygen atoms in total. The fourth-order valence-electron chi connectivity index (χ4n) is 4.78. The van der Waals surface area contributed by atoms with Crippen molar-refractivity contribution in [1.82, 2.24) is 25.2 Å². The summed E-state index contributed by atoms with van der Waals surface area (Å²) in [5.74, 6) is -0.352. The average molecular weight is 478 g/mol. The zero-order valence-corrected chi connectivity index (χ0v) is 20.7. The van der Waals surface area contributed by atoms with Crippen LogP contribution in [0.4, 0.5) is 0 Å². The van der Waals surface area contributed by atoms with Crippen LogP contribution in [0.2, 0.25) is 0 Å². The molecule has 1 saturated carbocycles. The number of para-hydroxylation sites is 1. The first-order valence-corrected chi connectivity index (χ1v) is 12.6. The predicted molar refractivity (Wildman–Crippen MR) is 135 cm³/mol. The molecule has 2 amide bonds. The second-order valence-electron chi connectivity index (χ2n) is 9.16. The average Bonchev–Trinajstić information content (AvgIpc) is 3.30. The summed E-state index contributed by atoms with van der Waals surface area (Å²) < 4.78 is 6.91. The molecule has 1 aliphatic carbocycles. The van der Waals surface area contributed by atoms with Gasteiger partial charge >= 0.3 is 0 Å². The van der Waals surface area contributed by atoms with Gasteiger partial charge in [0.1, 0.15) is 18.1 Å². The molecular weight excluding hydrogens is 442 g/mol. The van der Waals surface area contributed by atoms with E-state index >= 15 is 0 Å². The van der Waals surface area contributed by atoms with Gasteiger partial charge in [0.25, 0.3) is 0 Å². The lowest BCUT2D eigenvalue weighted by molar-refractivity contribution is -0.142.